The molecule has 1 aromatic carbocycles. The fourth-order valence-corrected chi connectivity index (χ4v) is 3.42. The van der Waals surface area contributed by atoms with Gasteiger partial charge >= 0.3 is 0 Å². The molecule has 0 aromatic heterocycles. The SMILES string of the molecule is CCN(CC1(CN)CCC(C)CC1)c1cccc(C)c1. The molecule has 0 spiro atoms. The molecule has 1 aliphatic rings. The van der Waals surface area contributed by atoms with Crippen LogP contribution in [0.3, 0.4) is 0 Å². The molecule has 0 aliphatic heterocycles. The minimum atomic E-state index is 0.326. The van der Waals surface area contributed by atoms with Crippen molar-refractivity contribution in [1.82, 2.24) is 0 Å². The summed E-state index contributed by atoms with van der Waals surface area (Å²) in [5.74, 6) is 0.878. The monoisotopic (exact) mass is 274 g/mol. The van der Waals surface area contributed by atoms with Crippen molar-refractivity contribution in [2.75, 3.05) is 24.5 Å². The summed E-state index contributed by atoms with van der Waals surface area (Å²) in [6.45, 7) is 9.77. The van der Waals surface area contributed by atoms with Crippen LogP contribution in [0.25, 0.3) is 0 Å². The van der Waals surface area contributed by atoms with Crippen molar-refractivity contribution < 1.29 is 0 Å². The molecule has 2 heteroatoms. The van der Waals surface area contributed by atoms with Crippen LogP contribution < -0.4 is 10.6 Å². The van der Waals surface area contributed by atoms with Gasteiger partial charge in [-0.2, -0.15) is 0 Å². The summed E-state index contributed by atoms with van der Waals surface area (Å²) in [7, 11) is 0. The average molecular weight is 274 g/mol. The minimum Gasteiger partial charge on any atom is -0.371 e. The molecule has 0 radical (unpaired) electrons. The largest absolute Gasteiger partial charge is 0.371 e. The van der Waals surface area contributed by atoms with Gasteiger partial charge < -0.3 is 10.6 Å². The van der Waals surface area contributed by atoms with Gasteiger partial charge in [-0.1, -0.05) is 31.9 Å². The summed E-state index contributed by atoms with van der Waals surface area (Å²) in [5, 5.41) is 0. The lowest BCUT2D eigenvalue weighted by atomic mass is 9.70. The first-order valence-corrected chi connectivity index (χ1v) is 8.10. The van der Waals surface area contributed by atoms with Crippen molar-refractivity contribution >= 4 is 5.69 Å². The molecule has 0 heterocycles. The average Bonchev–Trinajstić information content (AvgIpc) is 2.47. The van der Waals surface area contributed by atoms with Crippen LogP contribution in [0, 0.1) is 18.3 Å². The first-order chi connectivity index (χ1) is 9.58. The fourth-order valence-electron chi connectivity index (χ4n) is 3.42. The molecule has 2 N–H and O–H groups in total. The van der Waals surface area contributed by atoms with Gasteiger partial charge in [0, 0.05) is 24.2 Å². The van der Waals surface area contributed by atoms with Crippen LogP contribution in [0.4, 0.5) is 5.69 Å². The van der Waals surface area contributed by atoms with Crippen LogP contribution >= 0.6 is 0 Å². The van der Waals surface area contributed by atoms with Crippen molar-refractivity contribution in [1.29, 1.82) is 0 Å². The second-order valence-electron chi connectivity index (χ2n) is 6.74. The Kier molecular flexibility index (Phi) is 5.09. The predicted molar refractivity (Wildman–Crippen MR) is 88.2 cm³/mol. The zero-order valence-electron chi connectivity index (χ0n) is 13.4. The number of benzene rings is 1. The maximum absolute atomic E-state index is 6.17. The Morgan fingerprint density at radius 2 is 2.00 bits per heavy atom. The third-order valence-corrected chi connectivity index (χ3v) is 5.04. The van der Waals surface area contributed by atoms with Crippen LogP contribution in [0.1, 0.15) is 45.1 Å². The first-order valence-electron chi connectivity index (χ1n) is 8.10. The zero-order chi connectivity index (χ0) is 14.6. The smallest absolute Gasteiger partial charge is 0.0368 e. The van der Waals surface area contributed by atoms with Crippen molar-refractivity contribution in [3.63, 3.8) is 0 Å². The number of rotatable bonds is 5. The lowest BCUT2D eigenvalue weighted by Gasteiger charge is -2.42. The molecule has 1 aliphatic carbocycles. The molecule has 0 atom stereocenters. The normalized spacial score (nSPS) is 26.5. The second kappa shape index (κ2) is 6.62. The van der Waals surface area contributed by atoms with Gasteiger partial charge in [-0.25, -0.2) is 0 Å². The summed E-state index contributed by atoms with van der Waals surface area (Å²) < 4.78 is 0. The molecule has 2 nitrogen and oxygen atoms in total. The van der Waals surface area contributed by atoms with E-state index in [2.05, 4.69) is 49.9 Å². The van der Waals surface area contributed by atoms with E-state index in [0.29, 0.717) is 5.41 Å². The van der Waals surface area contributed by atoms with Gasteiger partial charge in [0.25, 0.3) is 0 Å². The van der Waals surface area contributed by atoms with E-state index in [1.54, 1.807) is 0 Å². The van der Waals surface area contributed by atoms with Crippen LogP contribution in [-0.4, -0.2) is 19.6 Å². The number of anilines is 1. The van der Waals surface area contributed by atoms with Gasteiger partial charge in [-0.05, 0) is 56.8 Å². The minimum absolute atomic E-state index is 0.326. The molecule has 112 valence electrons. The van der Waals surface area contributed by atoms with E-state index in [0.717, 1.165) is 25.6 Å². The highest BCUT2D eigenvalue weighted by molar-refractivity contribution is 5.48. The Hall–Kier alpha value is -1.02. The molecule has 1 saturated carbocycles. The van der Waals surface area contributed by atoms with Crippen molar-refractivity contribution in [3.8, 4) is 0 Å². The predicted octanol–water partition coefficient (Wildman–Crippen LogP) is 3.98. The lowest BCUT2D eigenvalue weighted by molar-refractivity contribution is 0.169. The molecule has 20 heavy (non-hydrogen) atoms. The van der Waals surface area contributed by atoms with Gasteiger partial charge in [0.15, 0.2) is 0 Å². The van der Waals surface area contributed by atoms with E-state index in [1.165, 1.54) is 36.9 Å². The molecule has 0 saturated heterocycles. The maximum atomic E-state index is 6.17. The molecule has 2 rings (SSSR count). The van der Waals surface area contributed by atoms with Gasteiger partial charge in [0.1, 0.15) is 0 Å². The fraction of sp³-hybridized carbons (Fsp3) is 0.667. The van der Waals surface area contributed by atoms with Gasteiger partial charge in [0.2, 0.25) is 0 Å². The zero-order valence-corrected chi connectivity index (χ0v) is 13.4. The van der Waals surface area contributed by atoms with E-state index in [4.69, 9.17) is 5.73 Å². The summed E-state index contributed by atoms with van der Waals surface area (Å²) in [6, 6.07) is 8.84. The first kappa shape index (κ1) is 15.4. The van der Waals surface area contributed by atoms with Crippen LogP contribution in [0.15, 0.2) is 24.3 Å². The Bertz CT molecular complexity index is 419. The highest BCUT2D eigenvalue weighted by Crippen LogP contribution is 2.39. The molecule has 0 amide bonds. The van der Waals surface area contributed by atoms with E-state index >= 15 is 0 Å². The van der Waals surface area contributed by atoms with Crippen molar-refractivity contribution in [3.05, 3.63) is 29.8 Å². The topological polar surface area (TPSA) is 29.3 Å². The van der Waals surface area contributed by atoms with Gasteiger partial charge in [-0.3, -0.25) is 0 Å². The van der Waals surface area contributed by atoms with E-state index in [1.807, 2.05) is 0 Å². The molecular weight excluding hydrogens is 244 g/mol. The second-order valence-corrected chi connectivity index (χ2v) is 6.74. The number of hydrogen-bond acceptors (Lipinski definition) is 2. The number of nitrogens with zero attached hydrogens (tertiary/aromatic N) is 1. The third-order valence-electron chi connectivity index (χ3n) is 5.04. The summed E-state index contributed by atoms with van der Waals surface area (Å²) in [5.41, 5.74) is 9.17. The number of hydrogen-bond donors (Lipinski definition) is 1. The van der Waals surface area contributed by atoms with E-state index in [-0.39, 0.29) is 0 Å². The summed E-state index contributed by atoms with van der Waals surface area (Å²) in [4.78, 5) is 2.51. The number of aryl methyl sites for hydroxylation is 1. The van der Waals surface area contributed by atoms with Crippen molar-refractivity contribution in [2.45, 2.75) is 46.5 Å². The Morgan fingerprint density at radius 1 is 1.30 bits per heavy atom. The summed E-state index contributed by atoms with van der Waals surface area (Å²) >= 11 is 0. The number of nitrogens with two attached hydrogens (primary N) is 1. The van der Waals surface area contributed by atoms with Crippen molar-refractivity contribution in [2.24, 2.45) is 17.1 Å². The molecule has 0 unspecified atom stereocenters. The highest BCUT2D eigenvalue weighted by atomic mass is 15.1. The molecule has 0 bridgehead atoms. The highest BCUT2D eigenvalue weighted by Gasteiger charge is 2.34. The van der Waals surface area contributed by atoms with Crippen LogP contribution in [0.2, 0.25) is 0 Å². The maximum Gasteiger partial charge on any atom is 0.0368 e. The summed E-state index contributed by atoms with van der Waals surface area (Å²) in [6.07, 6.45) is 5.24. The molecule has 1 aromatic rings. The van der Waals surface area contributed by atoms with E-state index in [9.17, 15) is 0 Å². The van der Waals surface area contributed by atoms with Gasteiger partial charge in [-0.15, -0.1) is 0 Å². The standard InChI is InChI=1S/C18H30N2/c1-4-20(17-7-5-6-16(3)12-17)14-18(13-19)10-8-15(2)9-11-18/h5-7,12,15H,4,8-11,13-14,19H2,1-3H3. The lowest BCUT2D eigenvalue weighted by Crippen LogP contribution is -2.45. The Balaban J connectivity index is 2.12. The quantitative estimate of drug-likeness (QED) is 0.880. The van der Waals surface area contributed by atoms with Crippen LogP contribution in [0.5, 0.6) is 0 Å². The van der Waals surface area contributed by atoms with E-state index < -0.39 is 0 Å². The van der Waals surface area contributed by atoms with Crippen LogP contribution in [-0.2, 0) is 0 Å². The van der Waals surface area contributed by atoms with Gasteiger partial charge in [0.05, 0.1) is 0 Å². The Labute approximate surface area is 124 Å². The molecular formula is C18H30N2. The molecule has 1 fully saturated rings. The Morgan fingerprint density at radius 3 is 2.55 bits per heavy atom. The third kappa shape index (κ3) is 3.54.